The fourth-order valence-corrected chi connectivity index (χ4v) is 9.17. The van der Waals surface area contributed by atoms with Crippen LogP contribution in [0.3, 0.4) is 0 Å². The number of β-amino-alcohol motifs (C(OH)–C–C–N with tert-alkyl or cyclic N) is 1. The molecule has 16 heteroatoms. The van der Waals surface area contributed by atoms with Crippen LogP contribution in [0.4, 0.5) is 0 Å². The summed E-state index contributed by atoms with van der Waals surface area (Å²) in [5, 5.41) is 30.5. The molecule has 0 aliphatic carbocycles. The number of carbonyl (C=O) groups is 5. The van der Waals surface area contributed by atoms with Crippen molar-refractivity contribution in [1.29, 1.82) is 5.26 Å². The number of aryl methyl sites for hydroxylation is 1. The molecule has 69 heavy (non-hydrogen) atoms. The second kappa shape index (κ2) is 22.0. The van der Waals surface area contributed by atoms with E-state index in [0.717, 1.165) is 33.0 Å². The van der Waals surface area contributed by atoms with E-state index in [0.29, 0.717) is 46.2 Å². The summed E-state index contributed by atoms with van der Waals surface area (Å²) in [5.74, 6) is -0.701. The highest BCUT2D eigenvalue weighted by atomic mass is 35.5. The highest BCUT2D eigenvalue weighted by Gasteiger charge is 2.44. The van der Waals surface area contributed by atoms with Crippen LogP contribution in [0, 0.1) is 29.6 Å². The number of hydrogen-bond donors (Lipinski definition) is 3. The van der Waals surface area contributed by atoms with Crippen LogP contribution in [-0.4, -0.2) is 78.8 Å². The van der Waals surface area contributed by atoms with Crippen molar-refractivity contribution >= 4 is 52.2 Å². The van der Waals surface area contributed by atoms with Crippen LogP contribution in [0.5, 0.6) is 11.5 Å². The first-order valence-corrected chi connectivity index (χ1v) is 23.9. The smallest absolute Gasteiger partial charge is 0.246 e. The Balaban J connectivity index is 0.859. The lowest BCUT2D eigenvalue weighted by molar-refractivity contribution is -0.144. The number of halogens is 1. The first-order chi connectivity index (χ1) is 32.9. The normalized spacial score (nSPS) is 15.5. The predicted molar refractivity (Wildman–Crippen MR) is 264 cm³/mol. The van der Waals surface area contributed by atoms with Gasteiger partial charge in [0.05, 0.1) is 38.5 Å². The Labute approximate surface area is 410 Å². The van der Waals surface area contributed by atoms with E-state index in [1.54, 1.807) is 109 Å². The molecule has 6 aromatic rings. The van der Waals surface area contributed by atoms with Crippen molar-refractivity contribution in [2.75, 3.05) is 6.54 Å². The number of rotatable bonds is 18. The lowest BCUT2D eigenvalue weighted by Crippen LogP contribution is -2.57. The predicted octanol–water partition coefficient (Wildman–Crippen LogP) is 8.98. The highest BCUT2D eigenvalue weighted by molar-refractivity contribution is 7.13. The average molecular weight is 969 g/mol. The maximum Gasteiger partial charge on any atom is 0.246 e. The molecule has 356 valence electrons. The van der Waals surface area contributed by atoms with Crippen LogP contribution in [0.25, 0.3) is 21.7 Å². The number of nitrogens with one attached hydrogen (secondary N) is 2. The molecule has 0 saturated carbocycles. The molecule has 7 rings (SSSR count). The summed E-state index contributed by atoms with van der Waals surface area (Å²) >= 11 is 7.76. The van der Waals surface area contributed by atoms with Crippen LogP contribution in [0.1, 0.15) is 90.9 Å². The molecule has 14 nitrogen and oxygen atoms in total. The van der Waals surface area contributed by atoms with Crippen LogP contribution in [0.15, 0.2) is 109 Å². The van der Waals surface area contributed by atoms with Crippen molar-refractivity contribution in [2.24, 2.45) is 11.3 Å². The second-order valence-corrected chi connectivity index (χ2v) is 19.7. The van der Waals surface area contributed by atoms with Crippen molar-refractivity contribution in [1.82, 2.24) is 30.3 Å². The number of amides is 3. The zero-order valence-corrected chi connectivity index (χ0v) is 40.6. The van der Waals surface area contributed by atoms with Gasteiger partial charge in [-0.15, -0.1) is 11.3 Å². The van der Waals surface area contributed by atoms with E-state index in [2.05, 4.69) is 26.8 Å². The van der Waals surface area contributed by atoms with Crippen molar-refractivity contribution in [3.05, 3.63) is 142 Å². The molecule has 1 saturated heterocycles. The van der Waals surface area contributed by atoms with Crippen molar-refractivity contribution in [2.45, 2.75) is 91.6 Å². The number of ether oxygens (including phenoxy) is 1. The molecular formula is C53H54ClN7O7S. The lowest BCUT2D eigenvalue weighted by Gasteiger charge is -2.35. The number of benzene rings is 4. The molecule has 0 unspecified atom stereocenters. The number of thiazole rings is 1. The summed E-state index contributed by atoms with van der Waals surface area (Å²) in [5.41, 5.74) is 6.74. The fourth-order valence-electron chi connectivity index (χ4n) is 8.14. The molecule has 2 aromatic heterocycles. The van der Waals surface area contributed by atoms with E-state index < -0.39 is 41.3 Å². The summed E-state index contributed by atoms with van der Waals surface area (Å²) in [6, 6.07) is 28.3. The van der Waals surface area contributed by atoms with Crippen LogP contribution in [0.2, 0.25) is 5.02 Å². The van der Waals surface area contributed by atoms with Crippen LogP contribution < -0.4 is 15.4 Å². The van der Waals surface area contributed by atoms with Gasteiger partial charge in [0.1, 0.15) is 29.7 Å². The van der Waals surface area contributed by atoms with Gasteiger partial charge in [-0.2, -0.15) is 10.4 Å². The first kappa shape index (κ1) is 49.9. The molecule has 3 amide bonds. The van der Waals surface area contributed by atoms with E-state index in [9.17, 15) is 29.1 Å². The number of Topliss-reactive ketones (excluding diaryl/α,β-unsaturated/α-hetero) is 2. The van der Waals surface area contributed by atoms with Gasteiger partial charge in [-0.25, -0.2) is 4.98 Å². The monoisotopic (exact) mass is 967 g/mol. The molecule has 1 aliphatic rings. The molecule has 1 fully saturated rings. The SMILES string of the molecule is Cc1ncsc1-c1ccc(CNC(=O)[C@@H]2C[C@@H](O)CN2C(=O)[C@@H](NC(=O)CCC(=O)c2ccc(Oc3ccc(C(=O)C[C@@H](C)Cn4ccc(-c5ccc(C#N)c(Cl)c5)n4)cc3)cc2)C(C)(C)C)cc1. The van der Waals surface area contributed by atoms with Gasteiger partial charge in [0.15, 0.2) is 11.6 Å². The second-order valence-electron chi connectivity index (χ2n) is 18.5. The van der Waals surface area contributed by atoms with Gasteiger partial charge in [-0.05, 0) is 96.1 Å². The Morgan fingerprint density at radius 1 is 0.913 bits per heavy atom. The molecule has 0 spiro atoms. The number of hydrogen-bond acceptors (Lipinski definition) is 11. The molecular weight excluding hydrogens is 914 g/mol. The Morgan fingerprint density at radius 3 is 2.17 bits per heavy atom. The van der Waals surface area contributed by atoms with Crippen LogP contribution >= 0.6 is 22.9 Å². The summed E-state index contributed by atoms with van der Waals surface area (Å²) in [6.45, 7) is 10.1. The average Bonchev–Trinajstić information content (AvgIpc) is 4.09. The number of carbonyl (C=O) groups excluding carboxylic acids is 5. The first-order valence-electron chi connectivity index (χ1n) is 22.7. The van der Waals surface area contributed by atoms with Gasteiger partial charge in [-0.1, -0.05) is 69.6 Å². The van der Waals surface area contributed by atoms with E-state index in [1.807, 2.05) is 50.4 Å². The largest absolute Gasteiger partial charge is 0.457 e. The number of ketones is 2. The summed E-state index contributed by atoms with van der Waals surface area (Å²) < 4.78 is 7.77. The van der Waals surface area contributed by atoms with Crippen LogP contribution in [-0.2, 0) is 27.5 Å². The summed E-state index contributed by atoms with van der Waals surface area (Å²) in [7, 11) is 0. The maximum absolute atomic E-state index is 14.1. The summed E-state index contributed by atoms with van der Waals surface area (Å²) in [6.07, 6.45) is 1.03. The molecule has 4 aromatic carbocycles. The third kappa shape index (κ3) is 12.8. The van der Waals surface area contributed by atoms with Crippen molar-refractivity contribution < 1.29 is 33.8 Å². The highest BCUT2D eigenvalue weighted by Crippen LogP contribution is 2.30. The lowest BCUT2D eigenvalue weighted by atomic mass is 9.85. The van der Waals surface area contributed by atoms with E-state index in [4.69, 9.17) is 21.6 Å². The number of nitrogens with zero attached hydrogens (tertiary/aromatic N) is 5. The molecule has 1 aliphatic heterocycles. The topological polar surface area (TPSA) is 197 Å². The maximum atomic E-state index is 14.1. The van der Waals surface area contributed by atoms with Gasteiger partial charge >= 0.3 is 0 Å². The van der Waals surface area contributed by atoms with Gasteiger partial charge in [0.25, 0.3) is 0 Å². The minimum atomic E-state index is -1.03. The zero-order valence-electron chi connectivity index (χ0n) is 39.1. The standard InChI is InChI=1S/C53H54ClN7O7S/c1-32(29-60-23-22-44(59-60)38-10-11-39(27-55)43(54)25-38)24-47(64)36-14-18-42(19-15-36)68-41-16-12-35(13-17-41)46(63)20-21-48(65)58-50(53(3,4)5)52(67)61-30-40(62)26-45(61)51(66)56-28-34-6-8-37(9-7-34)49-33(2)57-31-69-49/h6-19,22-23,25,31-32,40,45,50,62H,20-21,24,26,28-30H2,1-5H3,(H,56,66)(H,58,65)/t32-,40-,45+,50-/m1/s1. The number of nitriles is 1. The fraction of sp³-hybridized carbons (Fsp3) is 0.321. The van der Waals surface area contributed by atoms with E-state index in [1.165, 1.54) is 4.90 Å². The van der Waals surface area contributed by atoms with Gasteiger partial charge in [0.2, 0.25) is 17.7 Å². The third-order valence-electron chi connectivity index (χ3n) is 11.9. The Bertz CT molecular complexity index is 2860. The number of aliphatic hydroxyl groups is 1. The summed E-state index contributed by atoms with van der Waals surface area (Å²) in [4.78, 5) is 73.9. The minimum Gasteiger partial charge on any atom is -0.457 e. The number of likely N-dealkylation sites (tertiary alicyclic amines) is 1. The Morgan fingerprint density at radius 2 is 1.57 bits per heavy atom. The van der Waals surface area contributed by atoms with Gasteiger partial charge in [0, 0.05) is 68.2 Å². The van der Waals surface area contributed by atoms with Gasteiger partial charge < -0.3 is 25.4 Å². The molecule has 0 radical (unpaired) electrons. The third-order valence-corrected chi connectivity index (χ3v) is 13.2. The Hall–Kier alpha value is -6.99. The quantitative estimate of drug-likeness (QED) is 0.0700. The zero-order chi connectivity index (χ0) is 49.4. The number of aliphatic hydroxyl groups excluding tert-OH is 1. The molecule has 0 bridgehead atoms. The number of aromatic nitrogens is 3. The van der Waals surface area contributed by atoms with E-state index >= 15 is 0 Å². The van der Waals surface area contributed by atoms with Gasteiger partial charge in [-0.3, -0.25) is 28.7 Å². The Kier molecular flexibility index (Phi) is 15.9. The minimum absolute atomic E-state index is 0.00275. The molecule has 4 atom stereocenters. The molecule has 3 N–H and O–H groups in total. The molecule has 3 heterocycles. The van der Waals surface area contributed by atoms with E-state index in [-0.39, 0.29) is 49.8 Å². The van der Waals surface area contributed by atoms with Crippen molar-refractivity contribution in [3.63, 3.8) is 0 Å². The van der Waals surface area contributed by atoms with Crippen molar-refractivity contribution in [3.8, 4) is 39.3 Å².